The topological polar surface area (TPSA) is 82.6 Å². The van der Waals surface area contributed by atoms with Gasteiger partial charge in [-0.3, -0.25) is 0 Å². The van der Waals surface area contributed by atoms with Gasteiger partial charge in [-0.25, -0.2) is 18.1 Å². The van der Waals surface area contributed by atoms with Gasteiger partial charge in [-0.2, -0.15) is 0 Å². The average molecular weight is 573 g/mol. The van der Waals surface area contributed by atoms with Crippen molar-refractivity contribution in [3.63, 3.8) is 0 Å². The fraction of sp³-hybridized carbons (Fsp3) is 0.458. The number of nitrogens with zero attached hydrogens (tertiary/aromatic N) is 1. The molecule has 0 aliphatic heterocycles. The lowest BCUT2D eigenvalue weighted by Gasteiger charge is -2.18. The molecule has 32 heavy (non-hydrogen) atoms. The molecule has 0 spiro atoms. The van der Waals surface area contributed by atoms with Crippen LogP contribution in [0.2, 0.25) is 0 Å². The summed E-state index contributed by atoms with van der Waals surface area (Å²) in [6.45, 7) is 8.99. The van der Waals surface area contributed by atoms with Gasteiger partial charge in [0.15, 0.2) is 5.96 Å². The fourth-order valence-corrected chi connectivity index (χ4v) is 4.77. The minimum absolute atomic E-state index is 0. The molecule has 0 bridgehead atoms. The summed E-state index contributed by atoms with van der Waals surface area (Å²) in [5.74, 6) is 0.690. The van der Waals surface area contributed by atoms with Crippen LogP contribution in [0, 0.1) is 0 Å². The second-order valence-electron chi connectivity index (χ2n) is 8.07. The second-order valence-corrected chi connectivity index (χ2v) is 9.82. The Morgan fingerprint density at radius 3 is 2.22 bits per heavy atom. The summed E-state index contributed by atoms with van der Waals surface area (Å²) in [5.41, 5.74) is 3.00. The molecular weight excluding hydrogens is 535 g/mol. The zero-order valence-corrected chi connectivity index (χ0v) is 22.6. The Bertz CT molecular complexity index is 934. The van der Waals surface area contributed by atoms with E-state index < -0.39 is 10.0 Å². The molecule has 0 aliphatic rings. The van der Waals surface area contributed by atoms with Crippen molar-refractivity contribution < 1.29 is 8.42 Å². The fourth-order valence-electron chi connectivity index (χ4n) is 3.28. The molecule has 2 rings (SSSR count). The van der Waals surface area contributed by atoms with Crippen LogP contribution in [0.15, 0.2) is 59.6 Å². The van der Waals surface area contributed by atoms with E-state index >= 15 is 0 Å². The highest BCUT2D eigenvalue weighted by atomic mass is 127. The van der Waals surface area contributed by atoms with Gasteiger partial charge >= 0.3 is 0 Å². The molecule has 1 unspecified atom stereocenters. The van der Waals surface area contributed by atoms with Crippen LogP contribution in [0.1, 0.15) is 50.8 Å². The number of hydrogen-bond acceptors (Lipinski definition) is 3. The normalized spacial score (nSPS) is 12.8. The maximum atomic E-state index is 12.4. The lowest BCUT2D eigenvalue weighted by Crippen LogP contribution is -2.42. The minimum Gasteiger partial charge on any atom is -0.357 e. The number of sulfonamides is 1. The van der Waals surface area contributed by atoms with Gasteiger partial charge in [-0.05, 0) is 57.2 Å². The van der Waals surface area contributed by atoms with Crippen molar-refractivity contribution in [3.8, 4) is 0 Å². The summed E-state index contributed by atoms with van der Waals surface area (Å²) in [6, 6.07) is 18.1. The van der Waals surface area contributed by atoms with E-state index in [0.717, 1.165) is 36.5 Å². The van der Waals surface area contributed by atoms with Crippen LogP contribution in [0.25, 0.3) is 0 Å². The molecule has 2 aromatic rings. The Kier molecular flexibility index (Phi) is 12.9. The number of halogens is 1. The van der Waals surface area contributed by atoms with Gasteiger partial charge in [-0.1, -0.05) is 54.6 Å². The first-order chi connectivity index (χ1) is 14.8. The molecule has 3 N–H and O–H groups in total. The smallest absolute Gasteiger partial charge is 0.216 e. The van der Waals surface area contributed by atoms with Crippen molar-refractivity contribution in [2.45, 2.75) is 64.9 Å². The molecule has 2 aromatic carbocycles. The first kappa shape index (κ1) is 28.4. The Hall–Kier alpha value is -1.65. The van der Waals surface area contributed by atoms with Crippen LogP contribution in [0.5, 0.6) is 0 Å². The van der Waals surface area contributed by atoms with Crippen molar-refractivity contribution in [1.29, 1.82) is 0 Å². The summed E-state index contributed by atoms with van der Waals surface area (Å²) < 4.78 is 27.4. The maximum absolute atomic E-state index is 12.4. The van der Waals surface area contributed by atoms with Crippen molar-refractivity contribution in [1.82, 2.24) is 15.4 Å². The number of aliphatic imine (C=N–C) groups is 1. The molecule has 6 nitrogen and oxygen atoms in total. The van der Waals surface area contributed by atoms with Gasteiger partial charge in [0.2, 0.25) is 10.0 Å². The predicted octanol–water partition coefficient (Wildman–Crippen LogP) is 4.21. The van der Waals surface area contributed by atoms with Gasteiger partial charge in [0.1, 0.15) is 0 Å². The molecule has 0 amide bonds. The molecule has 0 aromatic heterocycles. The Labute approximate surface area is 210 Å². The number of rotatable bonds is 11. The standard InChI is InChI=1S/C24H36N4O2S.HI/c1-5-25-24(27-20(4)15-16-21-11-7-6-8-12-21)26-17-22-13-9-10-14-23(22)18-31(29,30)28-19(2)3;/h6-14,19-20,28H,5,15-18H2,1-4H3,(H2,25,26,27);1H. The van der Waals surface area contributed by atoms with Gasteiger partial charge < -0.3 is 10.6 Å². The quantitative estimate of drug-likeness (QED) is 0.214. The molecule has 0 aliphatic carbocycles. The number of hydrogen-bond donors (Lipinski definition) is 3. The van der Waals surface area contributed by atoms with E-state index in [4.69, 9.17) is 4.99 Å². The third kappa shape index (κ3) is 10.8. The second kappa shape index (κ2) is 14.5. The first-order valence-corrected chi connectivity index (χ1v) is 12.6. The molecule has 8 heteroatoms. The van der Waals surface area contributed by atoms with E-state index in [-0.39, 0.29) is 41.8 Å². The molecule has 0 saturated carbocycles. The van der Waals surface area contributed by atoms with Gasteiger partial charge in [0, 0.05) is 18.6 Å². The zero-order chi connectivity index (χ0) is 22.7. The summed E-state index contributed by atoms with van der Waals surface area (Å²) in [5, 5.41) is 6.74. The summed E-state index contributed by atoms with van der Waals surface area (Å²) in [7, 11) is -3.39. The number of nitrogens with one attached hydrogen (secondary N) is 3. The van der Waals surface area contributed by atoms with E-state index in [2.05, 4.69) is 46.5 Å². The highest BCUT2D eigenvalue weighted by Gasteiger charge is 2.15. The van der Waals surface area contributed by atoms with Crippen LogP contribution in [-0.4, -0.2) is 33.0 Å². The van der Waals surface area contributed by atoms with E-state index in [9.17, 15) is 8.42 Å². The third-order valence-electron chi connectivity index (χ3n) is 4.72. The van der Waals surface area contributed by atoms with Crippen molar-refractivity contribution >= 4 is 40.0 Å². The third-order valence-corrected chi connectivity index (χ3v) is 6.24. The largest absolute Gasteiger partial charge is 0.357 e. The Morgan fingerprint density at radius 2 is 1.59 bits per heavy atom. The van der Waals surface area contributed by atoms with Crippen LogP contribution >= 0.6 is 24.0 Å². The van der Waals surface area contributed by atoms with Crippen molar-refractivity contribution in [3.05, 3.63) is 71.3 Å². The monoisotopic (exact) mass is 572 g/mol. The molecule has 0 heterocycles. The van der Waals surface area contributed by atoms with E-state index in [1.165, 1.54) is 5.56 Å². The number of aryl methyl sites for hydroxylation is 1. The van der Waals surface area contributed by atoms with E-state index in [0.29, 0.717) is 6.54 Å². The molecule has 1 atom stereocenters. The highest BCUT2D eigenvalue weighted by Crippen LogP contribution is 2.14. The van der Waals surface area contributed by atoms with Gasteiger partial charge in [0.05, 0.1) is 12.3 Å². The van der Waals surface area contributed by atoms with Crippen LogP contribution in [-0.2, 0) is 28.7 Å². The Balaban J connectivity index is 0.00000512. The Morgan fingerprint density at radius 1 is 0.969 bits per heavy atom. The van der Waals surface area contributed by atoms with Crippen LogP contribution < -0.4 is 15.4 Å². The molecular formula is C24H37IN4O2S. The summed E-state index contributed by atoms with van der Waals surface area (Å²) >= 11 is 0. The maximum Gasteiger partial charge on any atom is 0.216 e. The molecule has 0 radical (unpaired) electrons. The first-order valence-electron chi connectivity index (χ1n) is 10.9. The van der Waals surface area contributed by atoms with E-state index in [1.54, 1.807) is 0 Å². The van der Waals surface area contributed by atoms with E-state index in [1.807, 2.05) is 51.1 Å². The minimum atomic E-state index is -3.39. The average Bonchev–Trinajstić information content (AvgIpc) is 2.71. The molecule has 178 valence electrons. The van der Waals surface area contributed by atoms with Crippen LogP contribution in [0.3, 0.4) is 0 Å². The highest BCUT2D eigenvalue weighted by molar-refractivity contribution is 14.0. The predicted molar refractivity (Wildman–Crippen MR) is 145 cm³/mol. The zero-order valence-electron chi connectivity index (χ0n) is 19.5. The SMILES string of the molecule is CCNC(=NCc1ccccc1CS(=O)(=O)NC(C)C)NC(C)CCc1ccccc1.I. The van der Waals surface area contributed by atoms with Crippen LogP contribution in [0.4, 0.5) is 0 Å². The van der Waals surface area contributed by atoms with Gasteiger partial charge in [-0.15, -0.1) is 24.0 Å². The molecule has 0 fully saturated rings. The summed E-state index contributed by atoms with van der Waals surface area (Å²) in [4.78, 5) is 4.71. The van der Waals surface area contributed by atoms with Gasteiger partial charge in [0.25, 0.3) is 0 Å². The lowest BCUT2D eigenvalue weighted by molar-refractivity contribution is 0.569. The van der Waals surface area contributed by atoms with Crippen molar-refractivity contribution in [2.75, 3.05) is 6.54 Å². The van der Waals surface area contributed by atoms with Crippen molar-refractivity contribution in [2.24, 2.45) is 4.99 Å². The summed E-state index contributed by atoms with van der Waals surface area (Å²) in [6.07, 6.45) is 1.99. The lowest BCUT2D eigenvalue weighted by atomic mass is 10.1. The number of guanidine groups is 1. The number of benzene rings is 2. The molecule has 0 saturated heterocycles.